The number of benzene rings is 1. The highest BCUT2D eigenvalue weighted by Crippen LogP contribution is 2.23. The Morgan fingerprint density at radius 1 is 1.17 bits per heavy atom. The average molecular weight is 340 g/mol. The first-order valence-electron chi connectivity index (χ1n) is 8.28. The molecule has 0 amide bonds. The number of halogens is 1. The third kappa shape index (κ3) is 7.71. The number of hydrogen-bond donors (Lipinski definition) is 2. The van der Waals surface area contributed by atoms with Gasteiger partial charge in [0.25, 0.3) is 0 Å². The Bertz CT molecular complexity index is 472. The van der Waals surface area contributed by atoms with E-state index < -0.39 is 0 Å². The molecule has 4 nitrogen and oxygen atoms in total. The summed E-state index contributed by atoms with van der Waals surface area (Å²) < 4.78 is 5.33. The van der Waals surface area contributed by atoms with Crippen LogP contribution in [0.4, 0.5) is 0 Å². The van der Waals surface area contributed by atoms with Crippen LogP contribution in [0, 0.1) is 0 Å². The molecule has 1 aromatic carbocycles. The van der Waals surface area contributed by atoms with Gasteiger partial charge in [-0.25, -0.2) is 0 Å². The molecule has 0 saturated heterocycles. The fraction of sp³-hybridized carbons (Fsp3) is 0.611. The predicted octanol–water partition coefficient (Wildman–Crippen LogP) is 3.60. The molecule has 0 heterocycles. The van der Waals surface area contributed by atoms with Crippen LogP contribution < -0.4 is 10.6 Å². The van der Waals surface area contributed by atoms with Crippen molar-refractivity contribution in [2.24, 2.45) is 4.99 Å². The van der Waals surface area contributed by atoms with Gasteiger partial charge in [0.2, 0.25) is 0 Å². The summed E-state index contributed by atoms with van der Waals surface area (Å²) in [6.07, 6.45) is 2.13. The normalized spacial score (nSPS) is 12.3. The molecule has 130 valence electrons. The Kier molecular flexibility index (Phi) is 9.03. The van der Waals surface area contributed by atoms with E-state index >= 15 is 0 Å². The second kappa shape index (κ2) is 10.5. The van der Waals surface area contributed by atoms with Crippen molar-refractivity contribution in [2.45, 2.75) is 39.0 Å². The molecule has 0 spiro atoms. The van der Waals surface area contributed by atoms with Crippen molar-refractivity contribution in [3.05, 3.63) is 34.9 Å². The number of ether oxygens (including phenoxy) is 1. The number of aliphatic imine (C=N–C) groups is 1. The zero-order chi connectivity index (χ0) is 17.1. The molecule has 0 aromatic heterocycles. The maximum absolute atomic E-state index is 5.96. The molecule has 0 aliphatic heterocycles. The third-order valence-electron chi connectivity index (χ3n) is 3.76. The molecule has 0 bridgehead atoms. The molecule has 0 unspecified atom stereocenters. The number of unbranched alkanes of at least 4 members (excludes halogenated alkanes) is 1. The third-order valence-corrected chi connectivity index (χ3v) is 4.01. The van der Waals surface area contributed by atoms with E-state index in [0.29, 0.717) is 0 Å². The van der Waals surface area contributed by atoms with Crippen LogP contribution in [-0.4, -0.2) is 39.3 Å². The van der Waals surface area contributed by atoms with Crippen molar-refractivity contribution in [1.29, 1.82) is 0 Å². The fourth-order valence-corrected chi connectivity index (χ4v) is 2.33. The largest absolute Gasteiger partial charge is 0.382 e. The summed E-state index contributed by atoms with van der Waals surface area (Å²) in [6, 6.07) is 8.02. The highest BCUT2D eigenvalue weighted by atomic mass is 35.5. The molecule has 5 heteroatoms. The zero-order valence-electron chi connectivity index (χ0n) is 14.8. The minimum absolute atomic E-state index is 0.00280. The van der Waals surface area contributed by atoms with Crippen molar-refractivity contribution in [1.82, 2.24) is 10.6 Å². The van der Waals surface area contributed by atoms with Gasteiger partial charge >= 0.3 is 0 Å². The summed E-state index contributed by atoms with van der Waals surface area (Å²) in [7, 11) is 1.80. The number of nitrogens with zero attached hydrogens (tertiary/aromatic N) is 1. The summed E-state index contributed by atoms with van der Waals surface area (Å²) in [5.41, 5.74) is 1.25. The first kappa shape index (κ1) is 19.8. The van der Waals surface area contributed by atoms with Gasteiger partial charge in [-0.2, -0.15) is 0 Å². The van der Waals surface area contributed by atoms with E-state index in [1.54, 1.807) is 7.05 Å². The van der Waals surface area contributed by atoms with Crippen molar-refractivity contribution in [2.75, 3.05) is 33.4 Å². The molecule has 0 fully saturated rings. The maximum atomic E-state index is 5.96. The van der Waals surface area contributed by atoms with Gasteiger partial charge in [0.1, 0.15) is 0 Å². The topological polar surface area (TPSA) is 45.6 Å². The number of hydrogen-bond acceptors (Lipinski definition) is 2. The van der Waals surface area contributed by atoms with Gasteiger partial charge in [-0.15, -0.1) is 0 Å². The summed E-state index contributed by atoms with van der Waals surface area (Å²) >= 11 is 5.96. The van der Waals surface area contributed by atoms with Crippen LogP contribution in [0.5, 0.6) is 0 Å². The van der Waals surface area contributed by atoms with E-state index in [4.69, 9.17) is 16.3 Å². The minimum atomic E-state index is -0.00280. The Morgan fingerprint density at radius 3 is 2.48 bits per heavy atom. The molecule has 0 aliphatic rings. The zero-order valence-corrected chi connectivity index (χ0v) is 15.5. The Hall–Kier alpha value is -1.26. The lowest BCUT2D eigenvalue weighted by Crippen LogP contribution is -2.43. The smallest absolute Gasteiger partial charge is 0.191 e. The van der Waals surface area contributed by atoms with E-state index in [-0.39, 0.29) is 5.41 Å². The average Bonchev–Trinajstić information content (AvgIpc) is 2.54. The van der Waals surface area contributed by atoms with Crippen LogP contribution in [0.15, 0.2) is 29.3 Å². The van der Waals surface area contributed by atoms with E-state index in [1.165, 1.54) is 5.56 Å². The Balaban J connectivity index is 2.37. The molecule has 0 radical (unpaired) electrons. The minimum Gasteiger partial charge on any atom is -0.382 e. The molecular formula is C18H30ClN3O. The summed E-state index contributed by atoms with van der Waals surface area (Å²) in [6.45, 7) is 9.75. The second-order valence-corrected chi connectivity index (χ2v) is 6.58. The first-order valence-corrected chi connectivity index (χ1v) is 8.65. The number of nitrogens with one attached hydrogen (secondary N) is 2. The first-order chi connectivity index (χ1) is 11.0. The predicted molar refractivity (Wildman–Crippen MR) is 99.6 cm³/mol. The highest BCUT2D eigenvalue weighted by Gasteiger charge is 2.20. The monoisotopic (exact) mass is 339 g/mol. The van der Waals surface area contributed by atoms with Gasteiger partial charge in [-0.1, -0.05) is 37.6 Å². The van der Waals surface area contributed by atoms with Crippen molar-refractivity contribution in [3.63, 3.8) is 0 Å². The van der Waals surface area contributed by atoms with E-state index in [1.807, 2.05) is 19.1 Å². The fourth-order valence-electron chi connectivity index (χ4n) is 2.21. The maximum Gasteiger partial charge on any atom is 0.191 e. The van der Waals surface area contributed by atoms with Crippen molar-refractivity contribution in [3.8, 4) is 0 Å². The molecule has 0 saturated carbocycles. The lowest BCUT2D eigenvalue weighted by Gasteiger charge is -2.27. The van der Waals surface area contributed by atoms with Gasteiger partial charge in [-0.05, 0) is 37.5 Å². The lowest BCUT2D eigenvalue weighted by molar-refractivity contribution is 0.143. The molecule has 0 atom stereocenters. The van der Waals surface area contributed by atoms with Gasteiger partial charge in [0.15, 0.2) is 5.96 Å². The van der Waals surface area contributed by atoms with Crippen LogP contribution in [0.3, 0.4) is 0 Å². The summed E-state index contributed by atoms with van der Waals surface area (Å²) in [4.78, 5) is 4.27. The number of guanidine groups is 1. The summed E-state index contributed by atoms with van der Waals surface area (Å²) in [5.74, 6) is 0.837. The van der Waals surface area contributed by atoms with Gasteiger partial charge < -0.3 is 15.4 Å². The quantitative estimate of drug-likeness (QED) is 0.410. The molecular weight excluding hydrogens is 310 g/mol. The Morgan fingerprint density at radius 2 is 1.87 bits per heavy atom. The highest BCUT2D eigenvalue weighted by molar-refractivity contribution is 6.30. The molecule has 2 N–H and O–H groups in total. The van der Waals surface area contributed by atoms with Crippen LogP contribution in [0.25, 0.3) is 0 Å². The number of rotatable bonds is 9. The van der Waals surface area contributed by atoms with Crippen LogP contribution in [0.2, 0.25) is 5.02 Å². The molecule has 1 aromatic rings. The van der Waals surface area contributed by atoms with Gasteiger partial charge in [-0.3, -0.25) is 4.99 Å². The van der Waals surface area contributed by atoms with Crippen LogP contribution in [0.1, 0.15) is 39.2 Å². The molecule has 23 heavy (non-hydrogen) atoms. The second-order valence-electron chi connectivity index (χ2n) is 6.15. The van der Waals surface area contributed by atoms with Crippen molar-refractivity contribution < 1.29 is 4.74 Å². The van der Waals surface area contributed by atoms with Gasteiger partial charge in [0.05, 0.1) is 0 Å². The van der Waals surface area contributed by atoms with E-state index in [2.05, 4.69) is 41.6 Å². The van der Waals surface area contributed by atoms with Gasteiger partial charge in [0, 0.05) is 43.8 Å². The standard InChI is InChI=1S/C18H30ClN3O/c1-5-23-13-7-6-12-21-17(20-4)22-14-18(2,3)15-8-10-16(19)11-9-15/h8-11H,5-7,12-14H2,1-4H3,(H2,20,21,22). The molecule has 0 aliphatic carbocycles. The SMILES string of the molecule is CCOCCCCNC(=NC)NCC(C)(C)c1ccc(Cl)cc1. The lowest BCUT2D eigenvalue weighted by atomic mass is 9.85. The van der Waals surface area contributed by atoms with Crippen LogP contribution >= 0.6 is 11.6 Å². The van der Waals surface area contributed by atoms with Crippen molar-refractivity contribution >= 4 is 17.6 Å². The van der Waals surface area contributed by atoms with Crippen LogP contribution in [-0.2, 0) is 10.2 Å². The molecule has 1 rings (SSSR count). The summed E-state index contributed by atoms with van der Waals surface area (Å²) in [5, 5.41) is 7.51. The van der Waals surface area contributed by atoms with E-state index in [9.17, 15) is 0 Å². The van der Waals surface area contributed by atoms with E-state index in [0.717, 1.165) is 50.1 Å². The Labute approximate surface area is 145 Å².